The van der Waals surface area contributed by atoms with Crippen molar-refractivity contribution in [2.75, 3.05) is 0 Å². The Morgan fingerprint density at radius 2 is 2.26 bits per heavy atom. The summed E-state index contributed by atoms with van der Waals surface area (Å²) in [6, 6.07) is 1.89. The topological polar surface area (TPSA) is 109 Å². The first-order valence-corrected chi connectivity index (χ1v) is 7.37. The lowest BCUT2D eigenvalue weighted by atomic mass is 10.0. The lowest BCUT2D eigenvalue weighted by molar-refractivity contribution is 0.507. The zero-order chi connectivity index (χ0) is 14.0. The molecule has 1 aromatic heterocycles. The van der Waals surface area contributed by atoms with E-state index in [4.69, 9.17) is 11.1 Å². The summed E-state index contributed by atoms with van der Waals surface area (Å²) < 4.78 is 40.0. The first kappa shape index (κ1) is 13.9. The number of nitrogens with zero attached hydrogens (tertiary/aromatic N) is 1. The molecule has 1 aliphatic carbocycles. The predicted molar refractivity (Wildman–Crippen MR) is 67.6 cm³/mol. The van der Waals surface area contributed by atoms with Crippen molar-refractivity contribution in [3.05, 3.63) is 24.1 Å². The highest BCUT2D eigenvalue weighted by atomic mass is 32.2. The van der Waals surface area contributed by atoms with Crippen molar-refractivity contribution in [1.82, 2.24) is 9.71 Å². The number of halogens is 1. The van der Waals surface area contributed by atoms with E-state index in [2.05, 4.69) is 9.71 Å². The summed E-state index contributed by atoms with van der Waals surface area (Å²) in [5.74, 6) is -1.28. The van der Waals surface area contributed by atoms with Crippen LogP contribution in [0.4, 0.5) is 4.39 Å². The Balaban J connectivity index is 2.23. The molecule has 1 fully saturated rings. The van der Waals surface area contributed by atoms with Crippen molar-refractivity contribution in [2.24, 2.45) is 11.7 Å². The van der Waals surface area contributed by atoms with Gasteiger partial charge in [-0.3, -0.25) is 5.41 Å². The molecule has 0 amide bonds. The molecule has 4 N–H and O–H groups in total. The fraction of sp³-hybridized carbons (Fsp3) is 0.455. The highest BCUT2D eigenvalue weighted by molar-refractivity contribution is 7.89. The molecule has 0 aromatic carbocycles. The van der Waals surface area contributed by atoms with E-state index in [1.54, 1.807) is 0 Å². The molecule has 1 aromatic rings. The second kappa shape index (κ2) is 5.22. The molecule has 0 aliphatic heterocycles. The van der Waals surface area contributed by atoms with E-state index in [0.717, 1.165) is 12.5 Å². The summed E-state index contributed by atoms with van der Waals surface area (Å²) in [7, 11) is -4.03. The van der Waals surface area contributed by atoms with Gasteiger partial charge in [0.1, 0.15) is 0 Å². The SMILES string of the molecule is N=C(N)C1CCCC1NS(=O)(=O)c1ncccc1F. The predicted octanol–water partition coefficient (Wildman–Crippen LogP) is 0.604. The van der Waals surface area contributed by atoms with Crippen molar-refractivity contribution in [2.45, 2.75) is 30.3 Å². The summed E-state index contributed by atoms with van der Waals surface area (Å²) in [6.45, 7) is 0. The molecule has 1 aliphatic rings. The van der Waals surface area contributed by atoms with E-state index in [-0.39, 0.29) is 11.8 Å². The van der Waals surface area contributed by atoms with Gasteiger partial charge in [0.25, 0.3) is 10.0 Å². The monoisotopic (exact) mass is 286 g/mol. The lowest BCUT2D eigenvalue weighted by Crippen LogP contribution is -2.42. The normalized spacial score (nSPS) is 23.4. The van der Waals surface area contributed by atoms with Gasteiger partial charge in [-0.15, -0.1) is 0 Å². The average Bonchev–Trinajstić information content (AvgIpc) is 2.76. The van der Waals surface area contributed by atoms with E-state index in [1.165, 1.54) is 12.3 Å². The molecule has 104 valence electrons. The molecule has 1 heterocycles. The number of pyridine rings is 1. The molecule has 8 heteroatoms. The fourth-order valence-corrected chi connectivity index (χ4v) is 3.61. The highest BCUT2D eigenvalue weighted by Gasteiger charge is 2.34. The summed E-state index contributed by atoms with van der Waals surface area (Å²) >= 11 is 0. The van der Waals surface area contributed by atoms with E-state index in [1.807, 2.05) is 0 Å². The van der Waals surface area contributed by atoms with Crippen LogP contribution in [0.3, 0.4) is 0 Å². The number of rotatable bonds is 4. The molecule has 2 unspecified atom stereocenters. The Morgan fingerprint density at radius 3 is 2.89 bits per heavy atom. The molecule has 6 nitrogen and oxygen atoms in total. The smallest absolute Gasteiger partial charge is 0.261 e. The minimum Gasteiger partial charge on any atom is -0.387 e. The third-order valence-corrected chi connectivity index (χ3v) is 4.62. The molecule has 0 spiro atoms. The van der Waals surface area contributed by atoms with E-state index in [9.17, 15) is 12.8 Å². The van der Waals surface area contributed by atoms with E-state index in [0.29, 0.717) is 12.8 Å². The minimum atomic E-state index is -4.03. The fourth-order valence-electron chi connectivity index (χ4n) is 2.30. The van der Waals surface area contributed by atoms with Gasteiger partial charge in [-0.25, -0.2) is 22.5 Å². The third kappa shape index (κ3) is 2.90. The van der Waals surface area contributed by atoms with Gasteiger partial charge < -0.3 is 5.73 Å². The average molecular weight is 286 g/mol. The Labute approximate surface area is 110 Å². The maximum atomic E-state index is 13.5. The number of hydrogen-bond donors (Lipinski definition) is 3. The summed E-state index contributed by atoms with van der Waals surface area (Å²) in [5.41, 5.74) is 5.43. The van der Waals surface area contributed by atoms with Crippen LogP contribution in [0.15, 0.2) is 23.4 Å². The van der Waals surface area contributed by atoms with Gasteiger partial charge in [-0.1, -0.05) is 6.42 Å². The molecule has 19 heavy (non-hydrogen) atoms. The molecule has 2 atom stereocenters. The molecule has 0 bridgehead atoms. The quantitative estimate of drug-likeness (QED) is 0.556. The number of sulfonamides is 1. The summed E-state index contributed by atoms with van der Waals surface area (Å²) in [4.78, 5) is 3.55. The number of aromatic nitrogens is 1. The second-order valence-corrected chi connectivity index (χ2v) is 6.14. The molecular formula is C11H15FN4O2S. The zero-order valence-electron chi connectivity index (χ0n) is 10.1. The standard InChI is InChI=1S/C11H15FN4O2S/c12-8-4-2-6-15-11(8)19(17,18)16-9-5-1-3-7(9)10(13)14/h2,4,6-7,9,16H,1,3,5H2,(H3,13,14). The Hall–Kier alpha value is -1.54. The first-order chi connectivity index (χ1) is 8.92. The van der Waals surface area contributed by atoms with Crippen molar-refractivity contribution in [1.29, 1.82) is 5.41 Å². The van der Waals surface area contributed by atoms with Gasteiger partial charge in [-0.05, 0) is 25.0 Å². The second-order valence-electron chi connectivity index (χ2n) is 4.51. The van der Waals surface area contributed by atoms with Crippen LogP contribution in [0.5, 0.6) is 0 Å². The first-order valence-electron chi connectivity index (χ1n) is 5.88. The number of nitrogens with two attached hydrogens (primary N) is 1. The number of hydrogen-bond acceptors (Lipinski definition) is 4. The number of amidine groups is 1. The van der Waals surface area contributed by atoms with Gasteiger partial charge in [0.2, 0.25) is 5.03 Å². The number of nitrogens with one attached hydrogen (secondary N) is 2. The van der Waals surface area contributed by atoms with Crippen LogP contribution >= 0.6 is 0 Å². The minimum absolute atomic E-state index is 0.0494. The van der Waals surface area contributed by atoms with Crippen LogP contribution in [0, 0.1) is 17.1 Å². The maximum Gasteiger partial charge on any atom is 0.261 e. The van der Waals surface area contributed by atoms with Crippen molar-refractivity contribution < 1.29 is 12.8 Å². The Kier molecular flexibility index (Phi) is 3.81. The van der Waals surface area contributed by atoms with Crippen LogP contribution in [0.2, 0.25) is 0 Å². The van der Waals surface area contributed by atoms with Crippen LogP contribution < -0.4 is 10.5 Å². The largest absolute Gasteiger partial charge is 0.387 e. The third-order valence-electron chi connectivity index (χ3n) is 3.20. The Bertz CT molecular complexity index is 590. The van der Waals surface area contributed by atoms with Gasteiger partial charge in [-0.2, -0.15) is 0 Å². The summed E-state index contributed by atoms with van der Waals surface area (Å²) in [5, 5.41) is 6.81. The highest BCUT2D eigenvalue weighted by Crippen LogP contribution is 2.27. The van der Waals surface area contributed by atoms with Crippen LogP contribution in [-0.2, 0) is 10.0 Å². The van der Waals surface area contributed by atoms with Gasteiger partial charge >= 0.3 is 0 Å². The van der Waals surface area contributed by atoms with Crippen molar-refractivity contribution >= 4 is 15.9 Å². The van der Waals surface area contributed by atoms with Gasteiger partial charge in [0.05, 0.1) is 5.84 Å². The summed E-state index contributed by atoms with van der Waals surface area (Å²) in [6.07, 6.45) is 3.24. The van der Waals surface area contributed by atoms with Crippen LogP contribution in [0.25, 0.3) is 0 Å². The van der Waals surface area contributed by atoms with Gasteiger partial charge in [0, 0.05) is 18.2 Å². The molecule has 0 radical (unpaired) electrons. The van der Waals surface area contributed by atoms with Crippen LogP contribution in [-0.4, -0.2) is 25.3 Å². The molecule has 1 saturated carbocycles. The molecule has 2 rings (SSSR count). The molecule has 0 saturated heterocycles. The maximum absolute atomic E-state index is 13.5. The zero-order valence-corrected chi connectivity index (χ0v) is 11.0. The van der Waals surface area contributed by atoms with Crippen molar-refractivity contribution in [3.63, 3.8) is 0 Å². The van der Waals surface area contributed by atoms with E-state index >= 15 is 0 Å². The molecular weight excluding hydrogens is 271 g/mol. The van der Waals surface area contributed by atoms with Crippen molar-refractivity contribution in [3.8, 4) is 0 Å². The van der Waals surface area contributed by atoms with Crippen LogP contribution in [0.1, 0.15) is 19.3 Å². The lowest BCUT2D eigenvalue weighted by Gasteiger charge is -2.19. The Morgan fingerprint density at radius 1 is 1.53 bits per heavy atom. The van der Waals surface area contributed by atoms with E-state index < -0.39 is 26.9 Å². The van der Waals surface area contributed by atoms with Gasteiger partial charge in [0.15, 0.2) is 5.82 Å².